The summed E-state index contributed by atoms with van der Waals surface area (Å²) in [5, 5.41) is 7.13. The Balaban J connectivity index is 1.66. The van der Waals surface area contributed by atoms with Crippen LogP contribution in [0, 0.1) is 13.8 Å². The second-order valence-corrected chi connectivity index (χ2v) is 7.90. The molecule has 0 spiro atoms. The lowest BCUT2D eigenvalue weighted by Gasteiger charge is -2.15. The van der Waals surface area contributed by atoms with Crippen LogP contribution in [0.25, 0.3) is 5.69 Å². The first-order valence-electron chi connectivity index (χ1n) is 9.62. The number of hydrogen-bond acceptors (Lipinski definition) is 5. The fourth-order valence-electron chi connectivity index (χ4n) is 2.81. The number of carbonyl (C=O) groups excluding carboxylic acids is 1. The van der Waals surface area contributed by atoms with Crippen molar-refractivity contribution in [3.8, 4) is 11.6 Å². The van der Waals surface area contributed by atoms with Crippen molar-refractivity contribution < 1.29 is 9.53 Å². The summed E-state index contributed by atoms with van der Waals surface area (Å²) in [5.41, 5.74) is 3.59. The minimum Gasteiger partial charge on any atom is -0.464 e. The van der Waals surface area contributed by atoms with Crippen molar-refractivity contribution in [2.75, 3.05) is 6.26 Å². The minimum absolute atomic E-state index is 0.208. The number of amides is 1. The van der Waals surface area contributed by atoms with Gasteiger partial charge in [-0.05, 0) is 68.0 Å². The molecular formula is C23H25N3O3S. The molecule has 2 aromatic carbocycles. The van der Waals surface area contributed by atoms with Gasteiger partial charge in [0.05, 0.1) is 5.69 Å². The second-order valence-electron chi connectivity index (χ2n) is 7.02. The molecule has 0 aliphatic carbocycles. The Bertz CT molecular complexity index is 1090. The standard InChI is InChI=1S/C23H25N3O3S/c1-15-5-8-19(13-16(15)2)26-22(27)12-11-21(25-26)29-17(3)23(28)24-14-18-6-9-20(30-4)10-7-18/h5-13,17H,14H2,1-4H3,(H,24,28)/t17-/m1/s1. The van der Waals surface area contributed by atoms with Crippen molar-refractivity contribution in [2.24, 2.45) is 0 Å². The van der Waals surface area contributed by atoms with Gasteiger partial charge in [-0.15, -0.1) is 16.9 Å². The van der Waals surface area contributed by atoms with Gasteiger partial charge in [0.25, 0.3) is 11.5 Å². The molecule has 0 bridgehead atoms. The summed E-state index contributed by atoms with van der Waals surface area (Å²) < 4.78 is 6.96. The molecule has 0 saturated heterocycles. The number of thioether (sulfide) groups is 1. The van der Waals surface area contributed by atoms with Crippen LogP contribution in [0.4, 0.5) is 0 Å². The highest BCUT2D eigenvalue weighted by atomic mass is 32.2. The average Bonchev–Trinajstić information content (AvgIpc) is 2.75. The number of benzene rings is 2. The van der Waals surface area contributed by atoms with E-state index >= 15 is 0 Å². The first kappa shape index (κ1) is 21.6. The van der Waals surface area contributed by atoms with Gasteiger partial charge in [-0.25, -0.2) is 0 Å². The second kappa shape index (κ2) is 9.63. The van der Waals surface area contributed by atoms with Crippen LogP contribution in [-0.4, -0.2) is 28.0 Å². The highest BCUT2D eigenvalue weighted by Crippen LogP contribution is 2.15. The molecule has 1 atom stereocenters. The van der Waals surface area contributed by atoms with E-state index in [0.717, 1.165) is 16.7 Å². The lowest BCUT2D eigenvalue weighted by atomic mass is 10.1. The summed E-state index contributed by atoms with van der Waals surface area (Å²) in [6.07, 6.45) is 1.26. The Labute approximate surface area is 180 Å². The van der Waals surface area contributed by atoms with Crippen LogP contribution in [0.15, 0.2) is 64.3 Å². The quantitative estimate of drug-likeness (QED) is 0.587. The van der Waals surface area contributed by atoms with E-state index in [1.54, 1.807) is 18.7 Å². The van der Waals surface area contributed by atoms with Crippen molar-refractivity contribution in [3.63, 3.8) is 0 Å². The topological polar surface area (TPSA) is 73.2 Å². The van der Waals surface area contributed by atoms with Crippen LogP contribution in [0.5, 0.6) is 5.88 Å². The number of aryl methyl sites for hydroxylation is 2. The van der Waals surface area contributed by atoms with Gasteiger partial charge < -0.3 is 10.1 Å². The lowest BCUT2D eigenvalue weighted by molar-refractivity contribution is -0.127. The van der Waals surface area contributed by atoms with Gasteiger partial charge in [0.15, 0.2) is 6.10 Å². The summed E-state index contributed by atoms with van der Waals surface area (Å²) in [6.45, 7) is 6.05. The molecule has 156 valence electrons. The Hall–Kier alpha value is -3.06. The van der Waals surface area contributed by atoms with Crippen LogP contribution in [0.1, 0.15) is 23.6 Å². The number of aromatic nitrogens is 2. The Kier molecular flexibility index (Phi) is 6.95. The van der Waals surface area contributed by atoms with Crippen molar-refractivity contribution in [1.29, 1.82) is 0 Å². The molecule has 0 aliphatic heterocycles. The van der Waals surface area contributed by atoms with E-state index in [1.807, 2.05) is 62.6 Å². The first-order chi connectivity index (χ1) is 14.4. The number of rotatable bonds is 7. The fourth-order valence-corrected chi connectivity index (χ4v) is 3.22. The number of nitrogens with one attached hydrogen (secondary N) is 1. The van der Waals surface area contributed by atoms with Gasteiger partial charge in [-0.1, -0.05) is 18.2 Å². The summed E-state index contributed by atoms with van der Waals surface area (Å²) >= 11 is 1.67. The smallest absolute Gasteiger partial charge is 0.271 e. The third-order valence-corrected chi connectivity index (χ3v) is 5.55. The molecule has 6 nitrogen and oxygen atoms in total. The Morgan fingerprint density at radius 2 is 1.83 bits per heavy atom. The lowest BCUT2D eigenvalue weighted by Crippen LogP contribution is -2.36. The molecule has 1 amide bonds. The van der Waals surface area contributed by atoms with Crippen molar-refractivity contribution >= 4 is 17.7 Å². The van der Waals surface area contributed by atoms with E-state index in [1.165, 1.54) is 21.7 Å². The molecule has 0 radical (unpaired) electrons. The van der Waals surface area contributed by atoms with Crippen molar-refractivity contribution in [3.05, 3.63) is 81.6 Å². The van der Waals surface area contributed by atoms with Gasteiger partial charge >= 0.3 is 0 Å². The van der Waals surface area contributed by atoms with Crippen LogP contribution < -0.4 is 15.6 Å². The van der Waals surface area contributed by atoms with E-state index in [2.05, 4.69) is 10.4 Å². The molecular weight excluding hydrogens is 398 g/mol. The summed E-state index contributed by atoms with van der Waals surface area (Å²) in [4.78, 5) is 25.8. The van der Waals surface area contributed by atoms with Gasteiger partial charge in [0.2, 0.25) is 5.88 Å². The number of nitrogens with zero attached hydrogens (tertiary/aromatic N) is 2. The van der Waals surface area contributed by atoms with E-state index in [9.17, 15) is 9.59 Å². The predicted molar refractivity (Wildman–Crippen MR) is 119 cm³/mol. The molecule has 0 aliphatic rings. The molecule has 1 heterocycles. The van der Waals surface area contributed by atoms with Gasteiger partial charge in [0, 0.05) is 23.6 Å². The summed E-state index contributed by atoms with van der Waals surface area (Å²) in [6, 6.07) is 16.5. The number of carbonyl (C=O) groups is 1. The van der Waals surface area contributed by atoms with Gasteiger partial charge in [-0.2, -0.15) is 4.68 Å². The third-order valence-electron chi connectivity index (χ3n) is 4.80. The monoisotopic (exact) mass is 423 g/mol. The molecule has 0 fully saturated rings. The van der Waals surface area contributed by atoms with Crippen molar-refractivity contribution in [1.82, 2.24) is 15.1 Å². The van der Waals surface area contributed by atoms with E-state index in [0.29, 0.717) is 12.2 Å². The van der Waals surface area contributed by atoms with Crippen LogP contribution >= 0.6 is 11.8 Å². The van der Waals surface area contributed by atoms with Crippen molar-refractivity contribution in [2.45, 2.75) is 38.3 Å². The Morgan fingerprint density at radius 3 is 2.50 bits per heavy atom. The van der Waals surface area contributed by atoms with E-state index < -0.39 is 6.10 Å². The van der Waals surface area contributed by atoms with Crippen LogP contribution in [0.3, 0.4) is 0 Å². The number of hydrogen-bond donors (Lipinski definition) is 1. The van der Waals surface area contributed by atoms with Gasteiger partial charge in [-0.3, -0.25) is 9.59 Å². The average molecular weight is 424 g/mol. The molecule has 3 aromatic rings. The third kappa shape index (κ3) is 5.30. The van der Waals surface area contributed by atoms with Crippen LogP contribution in [0.2, 0.25) is 0 Å². The molecule has 7 heteroatoms. The summed E-state index contributed by atoms with van der Waals surface area (Å²) in [5.74, 6) is -0.0468. The Morgan fingerprint density at radius 1 is 1.10 bits per heavy atom. The zero-order valence-electron chi connectivity index (χ0n) is 17.5. The fraction of sp³-hybridized carbons (Fsp3) is 0.261. The SMILES string of the molecule is CSc1ccc(CNC(=O)[C@@H](C)Oc2ccc(=O)n(-c3ccc(C)c(C)c3)n2)cc1. The maximum Gasteiger partial charge on any atom is 0.271 e. The highest BCUT2D eigenvalue weighted by Gasteiger charge is 2.16. The maximum atomic E-state index is 12.4. The molecule has 0 unspecified atom stereocenters. The number of ether oxygens (including phenoxy) is 1. The van der Waals surface area contributed by atoms with Gasteiger partial charge in [0.1, 0.15) is 0 Å². The minimum atomic E-state index is -0.756. The maximum absolute atomic E-state index is 12.4. The first-order valence-corrected chi connectivity index (χ1v) is 10.8. The predicted octanol–water partition coefficient (Wildman–Crippen LogP) is 3.65. The van der Waals surface area contributed by atoms with Crippen LogP contribution in [-0.2, 0) is 11.3 Å². The molecule has 30 heavy (non-hydrogen) atoms. The molecule has 3 rings (SSSR count). The molecule has 1 aromatic heterocycles. The molecule has 0 saturated carbocycles. The highest BCUT2D eigenvalue weighted by molar-refractivity contribution is 7.98. The van der Waals surface area contributed by atoms with E-state index in [4.69, 9.17) is 4.74 Å². The zero-order chi connectivity index (χ0) is 21.7. The normalized spacial score (nSPS) is 11.7. The molecule has 1 N–H and O–H groups in total. The zero-order valence-corrected chi connectivity index (χ0v) is 18.3. The van der Waals surface area contributed by atoms with E-state index in [-0.39, 0.29) is 17.3 Å². The largest absolute Gasteiger partial charge is 0.464 e. The summed E-state index contributed by atoms with van der Waals surface area (Å²) in [7, 11) is 0.